The average molecular weight is 364 g/mol. The Morgan fingerprint density at radius 3 is 2.48 bits per heavy atom. The topological polar surface area (TPSA) is 12.0 Å². The zero-order valence-corrected chi connectivity index (χ0v) is 15.0. The Bertz CT molecular complexity index is 553. The van der Waals surface area contributed by atoms with E-state index in [1.807, 2.05) is 11.8 Å². The molecule has 0 fully saturated rings. The van der Waals surface area contributed by atoms with Gasteiger partial charge in [0.25, 0.3) is 0 Å². The average Bonchev–Trinajstić information content (AvgIpc) is 2.49. The fraction of sp³-hybridized carbons (Fsp3) is 0.333. The van der Waals surface area contributed by atoms with Gasteiger partial charge in [-0.1, -0.05) is 53.2 Å². The second-order valence-electron chi connectivity index (χ2n) is 5.16. The number of benzene rings is 2. The molecule has 1 nitrogen and oxygen atoms in total. The van der Waals surface area contributed by atoms with E-state index in [1.54, 1.807) is 0 Å². The van der Waals surface area contributed by atoms with Gasteiger partial charge in [0, 0.05) is 21.2 Å². The zero-order chi connectivity index (χ0) is 15.1. The summed E-state index contributed by atoms with van der Waals surface area (Å²) in [5.74, 6) is 1.09. The van der Waals surface area contributed by atoms with Gasteiger partial charge in [-0.3, -0.25) is 0 Å². The Kier molecular flexibility index (Phi) is 6.81. The summed E-state index contributed by atoms with van der Waals surface area (Å²) in [6, 6.07) is 17.7. The van der Waals surface area contributed by atoms with Crippen molar-refractivity contribution in [2.75, 3.05) is 12.3 Å². The molecule has 1 N–H and O–H groups in total. The summed E-state index contributed by atoms with van der Waals surface area (Å²) >= 11 is 5.44. The van der Waals surface area contributed by atoms with Crippen LogP contribution in [-0.2, 0) is 6.42 Å². The lowest BCUT2D eigenvalue weighted by atomic mass is 10.1. The van der Waals surface area contributed by atoms with Gasteiger partial charge >= 0.3 is 0 Å². The molecule has 2 rings (SSSR count). The van der Waals surface area contributed by atoms with Gasteiger partial charge in [-0.15, -0.1) is 11.8 Å². The maximum Gasteiger partial charge on any atom is 0.0201 e. The summed E-state index contributed by atoms with van der Waals surface area (Å²) in [7, 11) is 0. The van der Waals surface area contributed by atoms with Crippen LogP contribution in [0.15, 0.2) is 57.9 Å². The lowest BCUT2D eigenvalue weighted by Crippen LogP contribution is -2.33. The number of nitrogens with one attached hydrogen (secondary N) is 1. The van der Waals surface area contributed by atoms with Gasteiger partial charge in [-0.2, -0.15) is 0 Å². The summed E-state index contributed by atoms with van der Waals surface area (Å²) < 4.78 is 1.14. The number of halogens is 1. The molecule has 0 amide bonds. The summed E-state index contributed by atoms with van der Waals surface area (Å²) in [5, 5.41) is 3.60. The molecule has 2 aromatic rings. The highest BCUT2D eigenvalue weighted by Crippen LogP contribution is 2.23. The van der Waals surface area contributed by atoms with E-state index in [0.717, 1.165) is 23.2 Å². The third-order valence-corrected chi connectivity index (χ3v) is 5.29. The molecule has 1 unspecified atom stereocenters. The van der Waals surface area contributed by atoms with Crippen molar-refractivity contribution in [1.29, 1.82) is 0 Å². The first-order valence-corrected chi connectivity index (χ1v) is 9.13. The Balaban J connectivity index is 1.95. The molecule has 2 aromatic carbocycles. The van der Waals surface area contributed by atoms with Crippen LogP contribution < -0.4 is 5.32 Å². The molecular weight excluding hydrogens is 342 g/mol. The van der Waals surface area contributed by atoms with E-state index in [-0.39, 0.29) is 0 Å². The lowest BCUT2D eigenvalue weighted by Gasteiger charge is -2.18. The van der Waals surface area contributed by atoms with Crippen molar-refractivity contribution in [2.24, 2.45) is 0 Å². The number of hydrogen-bond acceptors (Lipinski definition) is 2. The standard InChI is InChI=1S/C18H22BrNS/c1-3-20-17(12-15-8-10-16(19)11-9-15)13-21-18-7-5-4-6-14(18)2/h4-11,17,20H,3,12-13H2,1-2H3. The second kappa shape index (κ2) is 8.62. The van der Waals surface area contributed by atoms with E-state index in [0.29, 0.717) is 6.04 Å². The van der Waals surface area contributed by atoms with Gasteiger partial charge in [-0.25, -0.2) is 0 Å². The predicted octanol–water partition coefficient (Wildman–Crippen LogP) is 5.07. The molecule has 112 valence electrons. The predicted molar refractivity (Wildman–Crippen MR) is 97.2 cm³/mol. The van der Waals surface area contributed by atoms with Crippen LogP contribution in [0.2, 0.25) is 0 Å². The highest BCUT2D eigenvalue weighted by molar-refractivity contribution is 9.10. The van der Waals surface area contributed by atoms with E-state index >= 15 is 0 Å². The number of aryl methyl sites for hydroxylation is 1. The molecule has 0 aromatic heterocycles. The highest BCUT2D eigenvalue weighted by atomic mass is 79.9. The van der Waals surface area contributed by atoms with Gasteiger partial charge in [-0.05, 0) is 49.2 Å². The van der Waals surface area contributed by atoms with Crippen molar-refractivity contribution < 1.29 is 0 Å². The normalized spacial score (nSPS) is 12.3. The van der Waals surface area contributed by atoms with Crippen molar-refractivity contribution in [3.8, 4) is 0 Å². The zero-order valence-electron chi connectivity index (χ0n) is 12.6. The molecule has 0 spiro atoms. The van der Waals surface area contributed by atoms with Gasteiger partial charge in [0.2, 0.25) is 0 Å². The molecule has 0 aliphatic carbocycles. The van der Waals surface area contributed by atoms with Crippen LogP contribution in [-0.4, -0.2) is 18.3 Å². The van der Waals surface area contributed by atoms with Crippen LogP contribution in [0.3, 0.4) is 0 Å². The molecule has 0 radical (unpaired) electrons. The lowest BCUT2D eigenvalue weighted by molar-refractivity contribution is 0.572. The third kappa shape index (κ3) is 5.50. The van der Waals surface area contributed by atoms with Crippen LogP contribution >= 0.6 is 27.7 Å². The summed E-state index contributed by atoms with van der Waals surface area (Å²) in [4.78, 5) is 1.39. The van der Waals surface area contributed by atoms with Gasteiger partial charge < -0.3 is 5.32 Å². The summed E-state index contributed by atoms with van der Waals surface area (Å²) in [6.45, 7) is 5.36. The molecule has 3 heteroatoms. The molecule has 21 heavy (non-hydrogen) atoms. The van der Waals surface area contributed by atoms with E-state index in [4.69, 9.17) is 0 Å². The fourth-order valence-corrected chi connectivity index (χ4v) is 3.64. The smallest absolute Gasteiger partial charge is 0.0201 e. The molecule has 0 saturated heterocycles. The quantitative estimate of drug-likeness (QED) is 0.689. The monoisotopic (exact) mass is 363 g/mol. The number of likely N-dealkylation sites (N-methyl/N-ethyl adjacent to an activating group) is 1. The van der Waals surface area contributed by atoms with E-state index < -0.39 is 0 Å². The Morgan fingerprint density at radius 2 is 1.81 bits per heavy atom. The summed E-state index contributed by atoms with van der Waals surface area (Å²) in [6.07, 6.45) is 1.07. The second-order valence-corrected chi connectivity index (χ2v) is 7.14. The summed E-state index contributed by atoms with van der Waals surface area (Å²) in [5.41, 5.74) is 2.75. The van der Waals surface area contributed by atoms with Crippen molar-refractivity contribution in [1.82, 2.24) is 5.32 Å². The van der Waals surface area contributed by atoms with Crippen LogP contribution in [0.25, 0.3) is 0 Å². The maximum absolute atomic E-state index is 3.60. The van der Waals surface area contributed by atoms with Crippen LogP contribution in [0.4, 0.5) is 0 Å². The van der Waals surface area contributed by atoms with Crippen molar-refractivity contribution in [2.45, 2.75) is 31.2 Å². The third-order valence-electron chi connectivity index (χ3n) is 3.42. The van der Waals surface area contributed by atoms with Crippen molar-refractivity contribution >= 4 is 27.7 Å². The van der Waals surface area contributed by atoms with Gasteiger partial charge in [0.05, 0.1) is 0 Å². The molecule has 0 saturated carbocycles. The molecule has 0 aliphatic rings. The molecular formula is C18H22BrNS. The SMILES string of the molecule is CCNC(CSc1ccccc1C)Cc1ccc(Br)cc1. The van der Waals surface area contributed by atoms with Crippen LogP contribution in [0.1, 0.15) is 18.1 Å². The van der Waals surface area contributed by atoms with Crippen LogP contribution in [0, 0.1) is 6.92 Å². The van der Waals surface area contributed by atoms with Gasteiger partial charge in [0.15, 0.2) is 0 Å². The molecule has 0 heterocycles. The van der Waals surface area contributed by atoms with Crippen molar-refractivity contribution in [3.05, 3.63) is 64.1 Å². The number of thioether (sulfide) groups is 1. The maximum atomic E-state index is 3.60. The highest BCUT2D eigenvalue weighted by Gasteiger charge is 2.10. The molecule has 0 aliphatic heterocycles. The van der Waals surface area contributed by atoms with Crippen molar-refractivity contribution in [3.63, 3.8) is 0 Å². The Hall–Kier alpha value is -0.770. The number of rotatable bonds is 7. The minimum atomic E-state index is 0.501. The minimum Gasteiger partial charge on any atom is -0.313 e. The van der Waals surface area contributed by atoms with Crippen LogP contribution in [0.5, 0.6) is 0 Å². The molecule has 0 bridgehead atoms. The van der Waals surface area contributed by atoms with E-state index in [9.17, 15) is 0 Å². The van der Waals surface area contributed by atoms with E-state index in [1.165, 1.54) is 16.0 Å². The first kappa shape index (κ1) is 16.6. The largest absolute Gasteiger partial charge is 0.313 e. The Labute approximate surface area is 140 Å². The Morgan fingerprint density at radius 1 is 1.10 bits per heavy atom. The minimum absolute atomic E-state index is 0.501. The first-order valence-electron chi connectivity index (χ1n) is 7.35. The fourth-order valence-electron chi connectivity index (χ4n) is 2.29. The first-order chi connectivity index (χ1) is 10.2. The number of hydrogen-bond donors (Lipinski definition) is 1. The molecule has 1 atom stereocenters. The van der Waals surface area contributed by atoms with E-state index in [2.05, 4.69) is 83.6 Å². The van der Waals surface area contributed by atoms with Gasteiger partial charge in [0.1, 0.15) is 0 Å².